The maximum atomic E-state index is 13.3. The first-order valence-electron chi connectivity index (χ1n) is 10.3. The summed E-state index contributed by atoms with van der Waals surface area (Å²) >= 11 is 1.09. The van der Waals surface area contributed by atoms with Gasteiger partial charge in [0.15, 0.2) is 5.03 Å². The van der Waals surface area contributed by atoms with Gasteiger partial charge in [-0.1, -0.05) is 78.0 Å². The molecule has 1 heterocycles. The molecule has 0 spiro atoms. The van der Waals surface area contributed by atoms with Crippen LogP contribution in [0.5, 0.6) is 0 Å². The Morgan fingerprint density at radius 2 is 1.64 bits per heavy atom. The second-order valence-electron chi connectivity index (χ2n) is 7.56. The number of sulfone groups is 1. The van der Waals surface area contributed by atoms with Crippen LogP contribution in [-0.2, 0) is 14.6 Å². The van der Waals surface area contributed by atoms with E-state index in [4.69, 9.17) is 0 Å². The fraction of sp³-hybridized carbons (Fsp3) is 0.120. The summed E-state index contributed by atoms with van der Waals surface area (Å²) in [6.07, 6.45) is 0. The Hall–Kier alpha value is -3.36. The van der Waals surface area contributed by atoms with E-state index >= 15 is 0 Å². The van der Waals surface area contributed by atoms with Crippen molar-refractivity contribution in [2.75, 3.05) is 11.1 Å². The Kier molecular flexibility index (Phi) is 6.67. The summed E-state index contributed by atoms with van der Waals surface area (Å²) in [5.41, 5.74) is 3.57. The van der Waals surface area contributed by atoms with Gasteiger partial charge in [-0.05, 0) is 37.6 Å². The molecule has 2 N–H and O–H groups in total. The molecule has 0 aliphatic rings. The van der Waals surface area contributed by atoms with Gasteiger partial charge in [0.25, 0.3) is 0 Å². The number of aromatic nitrogens is 2. The Morgan fingerprint density at radius 3 is 2.30 bits per heavy atom. The Balaban J connectivity index is 1.62. The number of carbonyl (C=O) groups excluding carboxylic acids is 1. The molecule has 0 aliphatic carbocycles. The number of benzene rings is 3. The van der Waals surface area contributed by atoms with E-state index in [1.807, 2.05) is 62.4 Å². The van der Waals surface area contributed by atoms with Crippen LogP contribution in [0.4, 0.5) is 5.69 Å². The number of thioether (sulfide) groups is 1. The number of nitrogens with zero attached hydrogens (tertiary/aromatic N) is 1. The Bertz CT molecular complexity index is 1380. The maximum Gasteiger partial charge on any atom is 0.234 e. The molecular formula is C25H23N3O3S2. The van der Waals surface area contributed by atoms with Crippen molar-refractivity contribution in [3.8, 4) is 11.4 Å². The third kappa shape index (κ3) is 5.18. The third-order valence-electron chi connectivity index (χ3n) is 5.00. The van der Waals surface area contributed by atoms with Crippen LogP contribution in [0.25, 0.3) is 11.4 Å². The summed E-state index contributed by atoms with van der Waals surface area (Å²) in [5.74, 6) is 0.214. The zero-order valence-electron chi connectivity index (χ0n) is 18.2. The molecule has 8 heteroatoms. The van der Waals surface area contributed by atoms with Gasteiger partial charge in [0.1, 0.15) is 10.9 Å². The molecule has 0 bridgehead atoms. The minimum absolute atomic E-state index is 0.0168. The minimum atomic E-state index is -3.85. The molecule has 0 atom stereocenters. The average molecular weight is 478 g/mol. The molecule has 3 aromatic carbocycles. The normalized spacial score (nSPS) is 11.3. The molecule has 0 aliphatic heterocycles. The lowest BCUT2D eigenvalue weighted by atomic mass is 10.1. The molecule has 0 saturated carbocycles. The highest BCUT2D eigenvalue weighted by molar-refractivity contribution is 8.00. The molecular weight excluding hydrogens is 454 g/mol. The van der Waals surface area contributed by atoms with Crippen molar-refractivity contribution in [3.05, 3.63) is 90.0 Å². The zero-order chi connectivity index (χ0) is 23.4. The average Bonchev–Trinajstić information content (AvgIpc) is 3.26. The summed E-state index contributed by atoms with van der Waals surface area (Å²) in [5, 5.41) is 3.13. The maximum absolute atomic E-state index is 13.3. The Morgan fingerprint density at radius 1 is 0.970 bits per heavy atom. The van der Waals surface area contributed by atoms with Gasteiger partial charge in [-0.3, -0.25) is 4.79 Å². The zero-order valence-corrected chi connectivity index (χ0v) is 19.8. The smallest absolute Gasteiger partial charge is 0.234 e. The van der Waals surface area contributed by atoms with Crippen molar-refractivity contribution >= 4 is 33.2 Å². The van der Waals surface area contributed by atoms with E-state index in [0.717, 1.165) is 34.1 Å². The van der Waals surface area contributed by atoms with Crippen LogP contribution in [0.15, 0.2) is 93.8 Å². The van der Waals surface area contributed by atoms with Gasteiger partial charge < -0.3 is 10.3 Å². The Labute approximate surface area is 197 Å². The second-order valence-corrected chi connectivity index (χ2v) is 10.4. The lowest BCUT2D eigenvalue weighted by Crippen LogP contribution is -2.15. The molecule has 0 radical (unpaired) electrons. The molecule has 0 saturated heterocycles. The van der Waals surface area contributed by atoms with Gasteiger partial charge in [0.05, 0.1) is 10.6 Å². The molecule has 0 fully saturated rings. The van der Waals surface area contributed by atoms with Gasteiger partial charge in [-0.15, -0.1) is 0 Å². The van der Waals surface area contributed by atoms with Crippen LogP contribution in [-0.4, -0.2) is 30.0 Å². The lowest BCUT2D eigenvalue weighted by molar-refractivity contribution is -0.113. The van der Waals surface area contributed by atoms with Crippen LogP contribution in [0, 0.1) is 13.8 Å². The number of hydrogen-bond acceptors (Lipinski definition) is 5. The van der Waals surface area contributed by atoms with E-state index in [1.54, 1.807) is 30.3 Å². The van der Waals surface area contributed by atoms with Crippen LogP contribution >= 0.6 is 11.8 Å². The SMILES string of the molecule is Cc1ccc(NC(=O)CSc2nc(-c3ccccc3)[nH]c2S(=O)(=O)c2ccccc2)c(C)c1. The molecule has 0 unspecified atom stereocenters. The van der Waals surface area contributed by atoms with Gasteiger partial charge in [-0.25, -0.2) is 13.4 Å². The van der Waals surface area contributed by atoms with Crippen molar-refractivity contribution in [2.24, 2.45) is 0 Å². The number of anilines is 1. The number of amides is 1. The minimum Gasteiger partial charge on any atom is -0.328 e. The highest BCUT2D eigenvalue weighted by Crippen LogP contribution is 2.32. The summed E-state index contributed by atoms with van der Waals surface area (Å²) in [6, 6.07) is 23.2. The number of carbonyl (C=O) groups is 1. The largest absolute Gasteiger partial charge is 0.328 e. The number of aryl methyl sites for hydroxylation is 2. The lowest BCUT2D eigenvalue weighted by Gasteiger charge is -2.09. The van der Waals surface area contributed by atoms with Crippen molar-refractivity contribution < 1.29 is 13.2 Å². The monoisotopic (exact) mass is 477 g/mol. The van der Waals surface area contributed by atoms with Crippen LogP contribution in [0.3, 0.4) is 0 Å². The predicted octanol–water partition coefficient (Wildman–Crippen LogP) is 5.26. The molecule has 33 heavy (non-hydrogen) atoms. The summed E-state index contributed by atoms with van der Waals surface area (Å²) in [4.78, 5) is 20.3. The van der Waals surface area contributed by atoms with Crippen molar-refractivity contribution in [1.82, 2.24) is 9.97 Å². The third-order valence-corrected chi connectivity index (χ3v) is 7.84. The number of imidazole rings is 1. The van der Waals surface area contributed by atoms with Gasteiger partial charge in [-0.2, -0.15) is 0 Å². The first kappa shape index (κ1) is 22.8. The first-order valence-corrected chi connectivity index (χ1v) is 12.8. The summed E-state index contributed by atoms with van der Waals surface area (Å²) < 4.78 is 26.7. The van der Waals surface area contributed by atoms with Crippen LogP contribution < -0.4 is 5.32 Å². The molecule has 4 aromatic rings. The number of nitrogens with one attached hydrogen (secondary N) is 2. The summed E-state index contributed by atoms with van der Waals surface area (Å²) in [7, 11) is -3.85. The summed E-state index contributed by atoms with van der Waals surface area (Å²) in [6.45, 7) is 3.92. The number of rotatable bonds is 7. The standard InChI is InChI=1S/C25H23N3O3S2/c1-17-13-14-21(18(2)15-17)26-22(29)16-32-24-25(33(30,31)20-11-7-4-8-12-20)28-23(27-24)19-9-5-3-6-10-19/h3-15H,16H2,1-2H3,(H,26,29)(H,27,28). The molecule has 4 rings (SSSR count). The van der Waals surface area contributed by atoms with Crippen molar-refractivity contribution in [1.29, 1.82) is 0 Å². The highest BCUT2D eigenvalue weighted by atomic mass is 32.2. The van der Waals surface area contributed by atoms with Crippen LogP contribution in [0.1, 0.15) is 11.1 Å². The second kappa shape index (κ2) is 9.64. The van der Waals surface area contributed by atoms with E-state index in [0.29, 0.717) is 5.82 Å². The van der Waals surface area contributed by atoms with Gasteiger partial charge in [0, 0.05) is 11.3 Å². The highest BCUT2D eigenvalue weighted by Gasteiger charge is 2.26. The molecule has 1 aromatic heterocycles. The van der Waals surface area contributed by atoms with Crippen molar-refractivity contribution in [2.45, 2.75) is 28.8 Å². The van der Waals surface area contributed by atoms with E-state index in [2.05, 4.69) is 15.3 Å². The number of aromatic amines is 1. The molecule has 1 amide bonds. The number of H-pyrrole nitrogens is 1. The van der Waals surface area contributed by atoms with Gasteiger partial charge in [0.2, 0.25) is 15.7 Å². The first-order chi connectivity index (χ1) is 15.8. The number of hydrogen-bond donors (Lipinski definition) is 2. The van der Waals surface area contributed by atoms with E-state index < -0.39 is 9.84 Å². The van der Waals surface area contributed by atoms with E-state index in [9.17, 15) is 13.2 Å². The quantitative estimate of drug-likeness (QED) is 0.354. The fourth-order valence-electron chi connectivity index (χ4n) is 3.35. The molecule has 168 valence electrons. The van der Waals surface area contributed by atoms with Crippen LogP contribution in [0.2, 0.25) is 0 Å². The van der Waals surface area contributed by atoms with Gasteiger partial charge >= 0.3 is 0 Å². The van der Waals surface area contributed by atoms with Crippen molar-refractivity contribution in [3.63, 3.8) is 0 Å². The topological polar surface area (TPSA) is 91.9 Å². The molecule has 6 nitrogen and oxygen atoms in total. The van der Waals surface area contributed by atoms with E-state index in [-0.39, 0.29) is 26.6 Å². The van der Waals surface area contributed by atoms with E-state index in [1.165, 1.54) is 0 Å². The fourth-order valence-corrected chi connectivity index (χ4v) is 5.79. The predicted molar refractivity (Wildman–Crippen MR) is 131 cm³/mol.